The standard InChI is InChI=1S/C22H29N5O3/c1-23-22(24-15-17-8-10-19(11-9-17)27(28)29)25-16-21(26-12-3-4-13-26)18-6-5-7-20(14-18)30-2/h5-11,14,21H,3-4,12-13,15-16H2,1-2H3,(H2,23,24,25). The highest BCUT2D eigenvalue weighted by atomic mass is 16.6. The third-order valence-electron chi connectivity index (χ3n) is 5.35. The van der Waals surface area contributed by atoms with Crippen molar-refractivity contribution in [3.05, 3.63) is 69.8 Å². The molecule has 1 heterocycles. The van der Waals surface area contributed by atoms with Crippen LogP contribution in [0.2, 0.25) is 0 Å². The van der Waals surface area contributed by atoms with Gasteiger partial charge in [-0.3, -0.25) is 20.0 Å². The van der Waals surface area contributed by atoms with Crippen LogP contribution >= 0.6 is 0 Å². The summed E-state index contributed by atoms with van der Waals surface area (Å²) in [6.45, 7) is 3.41. The zero-order valence-corrected chi connectivity index (χ0v) is 17.5. The lowest BCUT2D eigenvalue weighted by Gasteiger charge is -2.29. The van der Waals surface area contributed by atoms with Gasteiger partial charge in [0.15, 0.2) is 5.96 Å². The van der Waals surface area contributed by atoms with Crippen LogP contribution in [0.5, 0.6) is 5.75 Å². The quantitative estimate of drug-likeness (QED) is 0.300. The van der Waals surface area contributed by atoms with E-state index in [-0.39, 0.29) is 11.7 Å². The van der Waals surface area contributed by atoms with E-state index in [0.29, 0.717) is 19.0 Å². The number of nitro groups is 1. The van der Waals surface area contributed by atoms with E-state index in [9.17, 15) is 10.1 Å². The Labute approximate surface area is 177 Å². The molecule has 0 aliphatic carbocycles. The van der Waals surface area contributed by atoms with Gasteiger partial charge in [-0.25, -0.2) is 0 Å². The molecule has 0 bridgehead atoms. The summed E-state index contributed by atoms with van der Waals surface area (Å²) in [6.07, 6.45) is 2.43. The van der Waals surface area contributed by atoms with Crippen LogP contribution < -0.4 is 15.4 Å². The van der Waals surface area contributed by atoms with Crippen LogP contribution in [0.15, 0.2) is 53.5 Å². The fraction of sp³-hybridized carbons (Fsp3) is 0.409. The molecule has 1 saturated heterocycles. The average molecular weight is 412 g/mol. The second kappa shape index (κ2) is 10.6. The van der Waals surface area contributed by atoms with E-state index in [0.717, 1.165) is 24.4 Å². The molecule has 1 atom stereocenters. The van der Waals surface area contributed by atoms with Crippen LogP contribution in [0.1, 0.15) is 30.0 Å². The van der Waals surface area contributed by atoms with Gasteiger partial charge in [-0.15, -0.1) is 0 Å². The van der Waals surface area contributed by atoms with Gasteiger partial charge >= 0.3 is 0 Å². The molecular weight excluding hydrogens is 382 g/mol. The summed E-state index contributed by atoms with van der Waals surface area (Å²) in [5.74, 6) is 1.55. The minimum absolute atomic E-state index is 0.0907. The monoisotopic (exact) mass is 411 g/mol. The molecule has 0 saturated carbocycles. The van der Waals surface area contributed by atoms with Crippen molar-refractivity contribution < 1.29 is 9.66 Å². The van der Waals surface area contributed by atoms with Gasteiger partial charge in [-0.2, -0.15) is 0 Å². The third-order valence-corrected chi connectivity index (χ3v) is 5.35. The number of nitrogens with one attached hydrogen (secondary N) is 2. The van der Waals surface area contributed by atoms with E-state index < -0.39 is 4.92 Å². The Morgan fingerprint density at radius 2 is 1.93 bits per heavy atom. The number of methoxy groups -OCH3 is 1. The topological polar surface area (TPSA) is 92.0 Å². The minimum Gasteiger partial charge on any atom is -0.497 e. The molecule has 1 fully saturated rings. The van der Waals surface area contributed by atoms with Crippen molar-refractivity contribution in [2.75, 3.05) is 33.8 Å². The van der Waals surface area contributed by atoms with Gasteiger partial charge in [0, 0.05) is 32.3 Å². The maximum atomic E-state index is 10.8. The Morgan fingerprint density at radius 1 is 1.20 bits per heavy atom. The van der Waals surface area contributed by atoms with Crippen molar-refractivity contribution >= 4 is 11.6 Å². The number of nitro benzene ring substituents is 1. The van der Waals surface area contributed by atoms with Crippen molar-refractivity contribution in [2.45, 2.75) is 25.4 Å². The molecule has 8 nitrogen and oxygen atoms in total. The molecule has 1 aliphatic heterocycles. The molecular formula is C22H29N5O3. The first kappa shape index (κ1) is 21.6. The Hall–Kier alpha value is -3.13. The molecule has 0 amide bonds. The fourth-order valence-corrected chi connectivity index (χ4v) is 3.70. The number of benzene rings is 2. The fourth-order valence-electron chi connectivity index (χ4n) is 3.70. The van der Waals surface area contributed by atoms with Crippen molar-refractivity contribution in [2.24, 2.45) is 4.99 Å². The van der Waals surface area contributed by atoms with Crippen molar-refractivity contribution in [1.82, 2.24) is 15.5 Å². The summed E-state index contributed by atoms with van der Waals surface area (Å²) >= 11 is 0. The van der Waals surface area contributed by atoms with Crippen molar-refractivity contribution in [3.8, 4) is 5.75 Å². The summed E-state index contributed by atoms with van der Waals surface area (Å²) in [4.78, 5) is 17.2. The normalized spacial score (nSPS) is 15.6. The van der Waals surface area contributed by atoms with E-state index in [1.54, 1.807) is 26.3 Å². The van der Waals surface area contributed by atoms with Crippen LogP contribution in [-0.2, 0) is 6.54 Å². The second-order valence-electron chi connectivity index (χ2n) is 7.27. The SMILES string of the molecule is CN=C(NCc1ccc([N+](=O)[O-])cc1)NCC(c1cccc(OC)c1)N1CCCC1. The highest BCUT2D eigenvalue weighted by molar-refractivity contribution is 5.79. The number of aliphatic imine (C=N–C) groups is 1. The van der Waals surface area contributed by atoms with E-state index in [1.165, 1.54) is 30.5 Å². The minimum atomic E-state index is -0.394. The summed E-state index contributed by atoms with van der Waals surface area (Å²) in [5, 5.41) is 17.5. The maximum Gasteiger partial charge on any atom is 0.269 e. The molecule has 2 aromatic carbocycles. The molecule has 2 N–H and O–H groups in total. The first-order valence-corrected chi connectivity index (χ1v) is 10.2. The van der Waals surface area contributed by atoms with Crippen LogP contribution in [0, 0.1) is 10.1 Å². The Kier molecular flexibility index (Phi) is 7.62. The van der Waals surface area contributed by atoms with Gasteiger partial charge in [0.2, 0.25) is 0 Å². The molecule has 0 spiro atoms. The highest BCUT2D eigenvalue weighted by Crippen LogP contribution is 2.27. The van der Waals surface area contributed by atoms with Crippen LogP contribution in [0.25, 0.3) is 0 Å². The summed E-state index contributed by atoms with van der Waals surface area (Å²) in [6, 6.07) is 15.0. The molecule has 1 unspecified atom stereocenters. The van der Waals surface area contributed by atoms with E-state index in [1.807, 2.05) is 12.1 Å². The lowest BCUT2D eigenvalue weighted by molar-refractivity contribution is -0.384. The van der Waals surface area contributed by atoms with Gasteiger partial charge in [0.05, 0.1) is 18.1 Å². The maximum absolute atomic E-state index is 10.8. The number of nitrogens with zero attached hydrogens (tertiary/aromatic N) is 3. The van der Waals surface area contributed by atoms with Gasteiger partial charge in [0.25, 0.3) is 5.69 Å². The van der Waals surface area contributed by atoms with Gasteiger partial charge in [0.1, 0.15) is 5.75 Å². The molecule has 1 aliphatic rings. The summed E-state index contributed by atoms with van der Waals surface area (Å²) < 4.78 is 5.41. The summed E-state index contributed by atoms with van der Waals surface area (Å²) in [5.41, 5.74) is 2.26. The zero-order valence-electron chi connectivity index (χ0n) is 17.5. The molecule has 0 radical (unpaired) electrons. The molecule has 0 aromatic heterocycles. The Morgan fingerprint density at radius 3 is 2.57 bits per heavy atom. The predicted molar refractivity (Wildman–Crippen MR) is 118 cm³/mol. The molecule has 8 heteroatoms. The lowest BCUT2D eigenvalue weighted by Crippen LogP contribution is -2.42. The number of hydrogen-bond donors (Lipinski definition) is 2. The summed E-state index contributed by atoms with van der Waals surface area (Å²) in [7, 11) is 3.42. The number of rotatable bonds is 8. The number of guanidine groups is 1. The molecule has 3 rings (SSSR count). The highest BCUT2D eigenvalue weighted by Gasteiger charge is 2.24. The van der Waals surface area contributed by atoms with E-state index in [4.69, 9.17) is 4.74 Å². The van der Waals surface area contributed by atoms with Gasteiger partial charge < -0.3 is 15.4 Å². The van der Waals surface area contributed by atoms with E-state index in [2.05, 4.69) is 32.7 Å². The molecule has 2 aromatic rings. The second-order valence-corrected chi connectivity index (χ2v) is 7.27. The number of hydrogen-bond acceptors (Lipinski definition) is 5. The smallest absolute Gasteiger partial charge is 0.269 e. The van der Waals surface area contributed by atoms with Crippen molar-refractivity contribution in [3.63, 3.8) is 0 Å². The number of ether oxygens (including phenoxy) is 1. The lowest BCUT2D eigenvalue weighted by atomic mass is 10.1. The van der Waals surface area contributed by atoms with E-state index >= 15 is 0 Å². The Balaban J connectivity index is 1.62. The van der Waals surface area contributed by atoms with Crippen LogP contribution in [0.4, 0.5) is 5.69 Å². The number of likely N-dealkylation sites (tertiary alicyclic amines) is 1. The largest absolute Gasteiger partial charge is 0.497 e. The average Bonchev–Trinajstić information content (AvgIpc) is 3.31. The van der Waals surface area contributed by atoms with Crippen LogP contribution in [-0.4, -0.2) is 49.6 Å². The molecule has 160 valence electrons. The zero-order chi connectivity index (χ0) is 21.3. The first-order valence-electron chi connectivity index (χ1n) is 10.2. The van der Waals surface area contributed by atoms with Gasteiger partial charge in [-0.05, 0) is 49.2 Å². The van der Waals surface area contributed by atoms with Gasteiger partial charge in [-0.1, -0.05) is 24.3 Å². The third kappa shape index (κ3) is 5.70. The molecule has 30 heavy (non-hydrogen) atoms. The van der Waals surface area contributed by atoms with Crippen LogP contribution in [0.3, 0.4) is 0 Å². The Bertz CT molecular complexity index is 863. The van der Waals surface area contributed by atoms with Crippen molar-refractivity contribution in [1.29, 1.82) is 0 Å². The predicted octanol–water partition coefficient (Wildman–Crippen LogP) is 3.11. The first-order chi connectivity index (χ1) is 14.6. The number of non-ortho nitro benzene ring substituents is 1.